The predicted octanol–water partition coefficient (Wildman–Crippen LogP) is 1.43. The summed E-state index contributed by atoms with van der Waals surface area (Å²) in [6.07, 6.45) is -0.237. The fraction of sp³-hybridized carbons (Fsp3) is 0.300. The number of urea groups is 1. The van der Waals surface area contributed by atoms with Gasteiger partial charge in [0.25, 0.3) is 0 Å². The first-order chi connectivity index (χ1) is 18.8. The van der Waals surface area contributed by atoms with Crippen LogP contribution in [0.2, 0.25) is 0 Å². The highest BCUT2D eigenvalue weighted by Gasteiger charge is 2.50. The van der Waals surface area contributed by atoms with Crippen molar-refractivity contribution in [3.05, 3.63) is 101 Å². The van der Waals surface area contributed by atoms with Gasteiger partial charge in [-0.1, -0.05) is 84.3 Å². The van der Waals surface area contributed by atoms with E-state index >= 15 is 0 Å². The summed E-state index contributed by atoms with van der Waals surface area (Å²) in [4.78, 5) is 44.4. The predicted molar refractivity (Wildman–Crippen MR) is 152 cm³/mol. The van der Waals surface area contributed by atoms with E-state index in [1.807, 2.05) is 93.6 Å². The lowest BCUT2D eigenvalue weighted by Crippen LogP contribution is -2.76. The molecule has 3 aromatic rings. The molecule has 0 saturated carbocycles. The quantitative estimate of drug-likeness (QED) is 0.497. The molecule has 1 N–H and O–H groups in total. The molecule has 9 heteroatoms. The van der Waals surface area contributed by atoms with Crippen molar-refractivity contribution < 1.29 is 14.4 Å². The molecule has 2 fully saturated rings. The molecule has 2 heterocycles. The number of hydrogen-bond acceptors (Lipinski definition) is 4. The Kier molecular flexibility index (Phi) is 7.70. The van der Waals surface area contributed by atoms with Crippen molar-refractivity contribution in [3.8, 4) is 0 Å². The van der Waals surface area contributed by atoms with Crippen molar-refractivity contribution in [2.24, 2.45) is 0 Å². The summed E-state index contributed by atoms with van der Waals surface area (Å²) in [5.41, 5.74) is 5.25. The summed E-state index contributed by atoms with van der Waals surface area (Å²) >= 11 is 0. The van der Waals surface area contributed by atoms with E-state index in [-0.39, 0.29) is 30.9 Å². The highest BCUT2D eigenvalue weighted by Crippen LogP contribution is 2.29. The van der Waals surface area contributed by atoms with Gasteiger partial charge in [-0.05, 0) is 29.2 Å². The molecule has 2 saturated heterocycles. The first kappa shape index (κ1) is 26.5. The average molecular weight is 523 g/mol. The smallest absolute Gasteiger partial charge is 0.333 e. The largest absolute Gasteiger partial charge is 0.334 e. The Bertz CT molecular complexity index is 1350. The summed E-state index contributed by atoms with van der Waals surface area (Å²) in [6, 6.07) is 24.7. The third-order valence-electron chi connectivity index (χ3n) is 7.61. The average Bonchev–Trinajstić information content (AvgIpc) is 2.92. The Morgan fingerprint density at radius 3 is 2.36 bits per heavy atom. The molecule has 39 heavy (non-hydrogen) atoms. The van der Waals surface area contributed by atoms with Crippen LogP contribution in [0.5, 0.6) is 0 Å². The Morgan fingerprint density at radius 1 is 0.949 bits per heavy atom. The van der Waals surface area contributed by atoms with E-state index in [4.69, 9.17) is 0 Å². The SMILES string of the molecule is Bc1ccc(CNC(=O)N2[C@@H]3CN(Cc4ccccc4C)C(=O)C(Cc4ccccc4)N3C(=O)CN2C)cc1. The molecule has 2 aliphatic rings. The molecule has 200 valence electrons. The maximum atomic E-state index is 13.9. The summed E-state index contributed by atoms with van der Waals surface area (Å²) in [7, 11) is 3.77. The molecular formula is C30H34BN5O3. The van der Waals surface area contributed by atoms with Gasteiger partial charge < -0.3 is 15.1 Å². The van der Waals surface area contributed by atoms with E-state index in [0.29, 0.717) is 19.5 Å². The van der Waals surface area contributed by atoms with Gasteiger partial charge in [0.1, 0.15) is 20.1 Å². The number of carbonyl (C=O) groups excluding carboxylic acids is 3. The topological polar surface area (TPSA) is 76.2 Å². The van der Waals surface area contributed by atoms with E-state index < -0.39 is 12.2 Å². The van der Waals surface area contributed by atoms with Crippen LogP contribution in [0.15, 0.2) is 78.9 Å². The summed E-state index contributed by atoms with van der Waals surface area (Å²) in [5.74, 6) is -0.258. The van der Waals surface area contributed by atoms with Crippen molar-refractivity contribution >= 4 is 31.2 Å². The van der Waals surface area contributed by atoms with Crippen LogP contribution >= 0.6 is 0 Å². The molecule has 0 radical (unpaired) electrons. The standard InChI is InChI=1S/C30H34BN5O3/c1-21-8-6-7-11-24(21)18-34-19-27-35(26(29(34)38)16-22-9-4-3-5-10-22)28(37)20-33(2)36(27)30(39)32-17-23-12-14-25(31)15-13-23/h3-15,26-27H,16-20,31H2,1-2H3,(H,32,39)/t26?,27-/m1/s1. The lowest BCUT2D eigenvalue weighted by molar-refractivity contribution is -0.187. The van der Waals surface area contributed by atoms with Crippen molar-refractivity contribution in [2.75, 3.05) is 20.1 Å². The maximum Gasteiger partial charge on any atom is 0.334 e. The molecule has 1 unspecified atom stereocenters. The number of likely N-dealkylation sites (N-methyl/N-ethyl adjacent to an activating group) is 1. The fourth-order valence-corrected chi connectivity index (χ4v) is 5.44. The van der Waals surface area contributed by atoms with E-state index in [1.54, 1.807) is 26.9 Å². The molecule has 2 atom stereocenters. The first-order valence-electron chi connectivity index (χ1n) is 13.3. The third kappa shape index (κ3) is 5.68. The zero-order chi connectivity index (χ0) is 27.5. The van der Waals surface area contributed by atoms with Gasteiger partial charge in [0.2, 0.25) is 11.8 Å². The maximum absolute atomic E-state index is 13.9. The minimum Gasteiger partial charge on any atom is -0.333 e. The Labute approximate surface area is 230 Å². The van der Waals surface area contributed by atoms with Crippen LogP contribution in [0.3, 0.4) is 0 Å². The van der Waals surface area contributed by atoms with Crippen LogP contribution in [-0.4, -0.2) is 77.9 Å². The Balaban J connectivity index is 1.45. The molecule has 4 amide bonds. The van der Waals surface area contributed by atoms with Gasteiger partial charge in [0.05, 0.1) is 13.1 Å². The highest BCUT2D eigenvalue weighted by atomic mass is 16.2. The molecule has 0 aromatic heterocycles. The van der Waals surface area contributed by atoms with Crippen molar-refractivity contribution in [3.63, 3.8) is 0 Å². The molecular weight excluding hydrogens is 489 g/mol. The molecule has 5 rings (SSSR count). The minimum absolute atomic E-state index is 0.0187. The van der Waals surface area contributed by atoms with Crippen LogP contribution in [0, 0.1) is 6.92 Å². The zero-order valence-electron chi connectivity index (χ0n) is 22.7. The van der Waals surface area contributed by atoms with Gasteiger partial charge >= 0.3 is 6.03 Å². The number of aryl methyl sites for hydroxylation is 1. The fourth-order valence-electron chi connectivity index (χ4n) is 5.44. The molecule has 0 bridgehead atoms. The number of carbonyl (C=O) groups is 3. The third-order valence-corrected chi connectivity index (χ3v) is 7.61. The summed E-state index contributed by atoms with van der Waals surface area (Å²) in [5, 5.41) is 6.28. The first-order valence-corrected chi connectivity index (χ1v) is 13.3. The number of amides is 4. The van der Waals surface area contributed by atoms with Crippen molar-refractivity contribution in [1.82, 2.24) is 25.1 Å². The van der Waals surface area contributed by atoms with Gasteiger partial charge in [0, 0.05) is 26.6 Å². The van der Waals surface area contributed by atoms with E-state index in [1.165, 1.54) is 0 Å². The Hall–Kier alpha value is -4.11. The van der Waals surface area contributed by atoms with Crippen molar-refractivity contribution in [2.45, 2.75) is 38.6 Å². The second-order valence-electron chi connectivity index (χ2n) is 10.4. The summed E-state index contributed by atoms with van der Waals surface area (Å²) in [6.45, 7) is 3.05. The summed E-state index contributed by atoms with van der Waals surface area (Å²) < 4.78 is 0. The molecule has 3 aromatic carbocycles. The monoisotopic (exact) mass is 523 g/mol. The molecule has 0 aliphatic carbocycles. The second kappa shape index (κ2) is 11.3. The second-order valence-corrected chi connectivity index (χ2v) is 10.4. The molecule has 0 spiro atoms. The lowest BCUT2D eigenvalue weighted by Gasteiger charge is -2.54. The number of benzene rings is 3. The van der Waals surface area contributed by atoms with Crippen LogP contribution in [-0.2, 0) is 29.1 Å². The number of rotatable bonds is 6. The number of hydrazine groups is 1. The Morgan fingerprint density at radius 2 is 1.64 bits per heavy atom. The number of nitrogens with zero attached hydrogens (tertiary/aromatic N) is 4. The van der Waals surface area contributed by atoms with Gasteiger partial charge in [-0.2, -0.15) is 0 Å². The van der Waals surface area contributed by atoms with Gasteiger partial charge in [0.15, 0.2) is 0 Å². The van der Waals surface area contributed by atoms with E-state index in [9.17, 15) is 14.4 Å². The van der Waals surface area contributed by atoms with E-state index in [2.05, 4.69) is 5.32 Å². The van der Waals surface area contributed by atoms with Crippen LogP contribution in [0.25, 0.3) is 0 Å². The van der Waals surface area contributed by atoms with Crippen LogP contribution in [0.1, 0.15) is 22.3 Å². The number of piperazine rings is 1. The highest BCUT2D eigenvalue weighted by molar-refractivity contribution is 6.32. The number of fused-ring (bicyclic) bond motifs is 1. The molecule has 2 aliphatic heterocycles. The normalized spacial score (nSPS) is 19.7. The zero-order valence-corrected chi connectivity index (χ0v) is 22.7. The number of hydrogen-bond donors (Lipinski definition) is 1. The van der Waals surface area contributed by atoms with Gasteiger partial charge in [-0.25, -0.2) is 14.8 Å². The van der Waals surface area contributed by atoms with Gasteiger partial charge in [-0.3, -0.25) is 9.59 Å². The molecule has 8 nitrogen and oxygen atoms in total. The van der Waals surface area contributed by atoms with Crippen LogP contribution < -0.4 is 10.8 Å². The van der Waals surface area contributed by atoms with Crippen LogP contribution in [0.4, 0.5) is 4.79 Å². The lowest BCUT2D eigenvalue weighted by atomic mass is 9.95. The number of nitrogens with one attached hydrogen (secondary N) is 1. The minimum atomic E-state index is -0.705. The van der Waals surface area contributed by atoms with Crippen molar-refractivity contribution in [1.29, 1.82) is 0 Å². The van der Waals surface area contributed by atoms with Gasteiger partial charge in [-0.15, -0.1) is 0 Å². The van der Waals surface area contributed by atoms with E-state index in [0.717, 1.165) is 27.7 Å².